The Kier molecular flexibility index (Phi) is 7.24. The van der Waals surface area contributed by atoms with Crippen LogP contribution >= 0.6 is 22.9 Å². The van der Waals surface area contributed by atoms with E-state index >= 15 is 0 Å². The quantitative estimate of drug-likeness (QED) is 0.704. The number of methoxy groups -OCH3 is 1. The molecule has 0 bridgehead atoms. The van der Waals surface area contributed by atoms with Crippen molar-refractivity contribution in [2.45, 2.75) is 25.9 Å². The van der Waals surface area contributed by atoms with Crippen LogP contribution in [-0.4, -0.2) is 25.0 Å². The molecule has 7 heteroatoms. The van der Waals surface area contributed by atoms with Gasteiger partial charge in [0.15, 0.2) is 0 Å². The van der Waals surface area contributed by atoms with Crippen LogP contribution in [-0.2, 0) is 9.59 Å². The molecule has 2 amide bonds. The second-order valence-electron chi connectivity index (χ2n) is 5.71. The van der Waals surface area contributed by atoms with E-state index in [0.717, 1.165) is 16.2 Å². The number of carbonyl (C=O) groups is 2. The minimum atomic E-state index is -0.652. The first-order valence-corrected chi connectivity index (χ1v) is 9.26. The summed E-state index contributed by atoms with van der Waals surface area (Å²) in [5.41, 5.74) is 0.862. The number of rotatable bonds is 7. The minimum Gasteiger partial charge on any atom is -0.497 e. The smallest absolute Gasteiger partial charge is 0.244 e. The number of halogens is 1. The molecule has 0 saturated carbocycles. The summed E-state index contributed by atoms with van der Waals surface area (Å²) >= 11 is 7.32. The van der Waals surface area contributed by atoms with Gasteiger partial charge in [-0.25, -0.2) is 0 Å². The maximum atomic E-state index is 12.2. The average molecular weight is 393 g/mol. The van der Waals surface area contributed by atoms with E-state index in [4.69, 9.17) is 16.3 Å². The minimum absolute atomic E-state index is 0.172. The van der Waals surface area contributed by atoms with E-state index < -0.39 is 6.04 Å². The zero-order valence-electron chi connectivity index (χ0n) is 14.8. The summed E-state index contributed by atoms with van der Waals surface area (Å²) < 4.78 is 5.76. The molecule has 2 aromatic rings. The molecule has 2 N–H and O–H groups in total. The predicted octanol–water partition coefficient (Wildman–Crippen LogP) is 3.81. The highest BCUT2D eigenvalue weighted by Crippen LogP contribution is 2.26. The van der Waals surface area contributed by atoms with Crippen molar-refractivity contribution >= 4 is 40.8 Å². The van der Waals surface area contributed by atoms with Crippen molar-refractivity contribution in [3.8, 4) is 5.75 Å². The molecule has 0 aliphatic heterocycles. The monoisotopic (exact) mass is 392 g/mol. The number of hydrogen-bond donors (Lipinski definition) is 2. The third-order valence-corrected chi connectivity index (χ3v) is 5.09. The standard InChI is InChI=1S/C19H21ClN2O3S/c1-12(16-9-10-17(20)26-16)22-19(24)13(2)21-18(23)11-6-14-4-7-15(25-3)8-5-14/h4-13H,1-3H3,(H,21,23)(H,22,24)/b11-6+. The van der Waals surface area contributed by atoms with Crippen LogP contribution in [0.2, 0.25) is 4.34 Å². The number of nitrogens with one attached hydrogen (secondary N) is 2. The molecule has 0 fully saturated rings. The third-order valence-electron chi connectivity index (χ3n) is 3.67. The largest absolute Gasteiger partial charge is 0.497 e. The van der Waals surface area contributed by atoms with Gasteiger partial charge in [-0.15, -0.1) is 11.3 Å². The van der Waals surface area contributed by atoms with Crippen LogP contribution in [0.4, 0.5) is 0 Å². The fourth-order valence-corrected chi connectivity index (χ4v) is 3.25. The molecule has 0 aliphatic rings. The van der Waals surface area contributed by atoms with E-state index in [1.165, 1.54) is 17.4 Å². The number of hydrogen-bond acceptors (Lipinski definition) is 4. The SMILES string of the molecule is COc1ccc(/C=C/C(=O)NC(C)C(=O)NC(C)c2ccc(Cl)s2)cc1. The van der Waals surface area contributed by atoms with E-state index in [2.05, 4.69) is 10.6 Å². The average Bonchev–Trinajstić information content (AvgIpc) is 3.06. The highest BCUT2D eigenvalue weighted by molar-refractivity contribution is 7.16. The summed E-state index contributed by atoms with van der Waals surface area (Å²) in [6.45, 7) is 3.51. The molecule has 5 nitrogen and oxygen atoms in total. The zero-order valence-corrected chi connectivity index (χ0v) is 16.4. The lowest BCUT2D eigenvalue weighted by atomic mass is 10.2. The van der Waals surface area contributed by atoms with Crippen molar-refractivity contribution in [3.63, 3.8) is 0 Å². The Morgan fingerprint density at radius 1 is 1.12 bits per heavy atom. The molecule has 0 spiro atoms. The first-order valence-electron chi connectivity index (χ1n) is 8.07. The molecule has 138 valence electrons. The Morgan fingerprint density at radius 3 is 2.38 bits per heavy atom. The van der Waals surface area contributed by atoms with E-state index in [-0.39, 0.29) is 17.9 Å². The molecule has 0 saturated heterocycles. The van der Waals surface area contributed by atoms with Gasteiger partial charge in [-0.2, -0.15) is 0 Å². The number of ether oxygens (including phenoxy) is 1. The van der Waals surface area contributed by atoms with E-state index in [9.17, 15) is 9.59 Å². The molecule has 1 aromatic carbocycles. The van der Waals surface area contributed by atoms with Gasteiger partial charge in [-0.3, -0.25) is 9.59 Å². The Balaban J connectivity index is 1.84. The van der Waals surface area contributed by atoms with Crippen LogP contribution in [0, 0.1) is 0 Å². The molecule has 1 aromatic heterocycles. The fraction of sp³-hybridized carbons (Fsp3) is 0.263. The first kappa shape index (κ1) is 20.0. The van der Waals surface area contributed by atoms with Crippen LogP contribution in [0.15, 0.2) is 42.5 Å². The van der Waals surface area contributed by atoms with Crippen molar-refractivity contribution < 1.29 is 14.3 Å². The Morgan fingerprint density at radius 2 is 1.81 bits per heavy atom. The fourth-order valence-electron chi connectivity index (χ4n) is 2.18. The van der Waals surface area contributed by atoms with Crippen LogP contribution in [0.1, 0.15) is 30.3 Å². The second kappa shape index (κ2) is 9.40. The molecule has 0 aliphatic carbocycles. The van der Waals surface area contributed by atoms with Gasteiger partial charge in [0.25, 0.3) is 0 Å². The topological polar surface area (TPSA) is 67.4 Å². The van der Waals surface area contributed by atoms with Gasteiger partial charge >= 0.3 is 0 Å². The van der Waals surface area contributed by atoms with Crippen LogP contribution in [0.3, 0.4) is 0 Å². The molecular weight excluding hydrogens is 372 g/mol. The van der Waals surface area contributed by atoms with Gasteiger partial charge < -0.3 is 15.4 Å². The summed E-state index contributed by atoms with van der Waals surface area (Å²) in [6, 6.07) is 10.1. The van der Waals surface area contributed by atoms with Crippen LogP contribution in [0.5, 0.6) is 5.75 Å². The predicted molar refractivity (Wildman–Crippen MR) is 106 cm³/mol. The summed E-state index contributed by atoms with van der Waals surface area (Å²) in [5, 5.41) is 5.51. The van der Waals surface area contributed by atoms with Crippen molar-refractivity contribution in [1.82, 2.24) is 10.6 Å². The van der Waals surface area contributed by atoms with Crippen molar-refractivity contribution in [2.75, 3.05) is 7.11 Å². The van der Waals surface area contributed by atoms with Crippen molar-refractivity contribution in [2.24, 2.45) is 0 Å². The summed E-state index contributed by atoms with van der Waals surface area (Å²) in [6.07, 6.45) is 3.07. The maximum absolute atomic E-state index is 12.2. The summed E-state index contributed by atoms with van der Waals surface area (Å²) in [7, 11) is 1.60. The van der Waals surface area contributed by atoms with E-state index in [0.29, 0.717) is 4.34 Å². The van der Waals surface area contributed by atoms with Gasteiger partial charge in [0.1, 0.15) is 11.8 Å². The lowest BCUT2D eigenvalue weighted by Crippen LogP contribution is -2.44. The van der Waals surface area contributed by atoms with E-state index in [1.807, 2.05) is 37.3 Å². The third kappa shape index (κ3) is 5.89. The Bertz CT molecular complexity index is 786. The number of benzene rings is 1. The highest BCUT2D eigenvalue weighted by atomic mass is 35.5. The Labute approximate surface area is 162 Å². The lowest BCUT2D eigenvalue weighted by molar-refractivity contribution is -0.127. The first-order chi connectivity index (χ1) is 12.4. The second-order valence-corrected chi connectivity index (χ2v) is 7.46. The van der Waals surface area contributed by atoms with Gasteiger partial charge in [-0.05, 0) is 49.8 Å². The highest BCUT2D eigenvalue weighted by Gasteiger charge is 2.18. The summed E-state index contributed by atoms with van der Waals surface area (Å²) in [5.74, 6) is 0.154. The van der Waals surface area contributed by atoms with Gasteiger partial charge in [-0.1, -0.05) is 23.7 Å². The molecule has 2 rings (SSSR count). The van der Waals surface area contributed by atoms with Crippen molar-refractivity contribution in [1.29, 1.82) is 0 Å². The Hall–Kier alpha value is -2.31. The number of carbonyl (C=O) groups excluding carboxylic acids is 2. The van der Waals surface area contributed by atoms with E-state index in [1.54, 1.807) is 26.2 Å². The molecule has 2 unspecified atom stereocenters. The maximum Gasteiger partial charge on any atom is 0.244 e. The normalized spacial score (nSPS) is 13.2. The van der Waals surface area contributed by atoms with Gasteiger partial charge in [0, 0.05) is 11.0 Å². The van der Waals surface area contributed by atoms with Gasteiger partial charge in [0.2, 0.25) is 11.8 Å². The lowest BCUT2D eigenvalue weighted by Gasteiger charge is -2.17. The molecule has 0 radical (unpaired) electrons. The summed E-state index contributed by atoms with van der Waals surface area (Å²) in [4.78, 5) is 25.2. The van der Waals surface area contributed by atoms with Crippen LogP contribution in [0.25, 0.3) is 6.08 Å². The van der Waals surface area contributed by atoms with Gasteiger partial charge in [0.05, 0.1) is 17.5 Å². The zero-order chi connectivity index (χ0) is 19.1. The molecule has 1 heterocycles. The molecule has 2 atom stereocenters. The van der Waals surface area contributed by atoms with Crippen molar-refractivity contribution in [3.05, 3.63) is 57.3 Å². The number of thiophene rings is 1. The van der Waals surface area contributed by atoms with Crippen LogP contribution < -0.4 is 15.4 Å². The molecular formula is C19H21ClN2O3S. The number of amides is 2. The molecule has 26 heavy (non-hydrogen) atoms.